The Labute approximate surface area is 99.6 Å². The van der Waals surface area contributed by atoms with Gasteiger partial charge in [-0.2, -0.15) is 0 Å². The van der Waals surface area contributed by atoms with Crippen LogP contribution in [0.2, 0.25) is 5.02 Å². The molecule has 0 bridgehead atoms. The van der Waals surface area contributed by atoms with Crippen molar-refractivity contribution < 1.29 is 9.90 Å². The van der Waals surface area contributed by atoms with E-state index in [4.69, 9.17) is 16.7 Å². The molecule has 1 aromatic carbocycles. The maximum atomic E-state index is 10.3. The van der Waals surface area contributed by atoms with Crippen molar-refractivity contribution in [2.24, 2.45) is 0 Å². The maximum absolute atomic E-state index is 10.3. The number of hydrogen-bond donors (Lipinski definition) is 3. The summed E-state index contributed by atoms with van der Waals surface area (Å²) in [6.45, 7) is 4.56. The molecule has 0 unspecified atom stereocenters. The van der Waals surface area contributed by atoms with Gasteiger partial charge in [-0.3, -0.25) is 0 Å². The minimum absolute atomic E-state index is 0.254. The summed E-state index contributed by atoms with van der Waals surface area (Å²) in [5.74, 6) is -0.934. The molecule has 16 heavy (non-hydrogen) atoms. The lowest BCUT2D eigenvalue weighted by atomic mass is 10.2. The zero-order valence-electron chi connectivity index (χ0n) is 8.87. The molecule has 1 fully saturated rings. The van der Waals surface area contributed by atoms with Gasteiger partial charge in [0.1, 0.15) is 0 Å². The highest BCUT2D eigenvalue weighted by Gasteiger charge is 1.99. The average Bonchev–Trinajstić information content (AvgIpc) is 2.32. The van der Waals surface area contributed by atoms with E-state index in [0.29, 0.717) is 5.02 Å². The third-order valence-electron chi connectivity index (χ3n) is 2.05. The van der Waals surface area contributed by atoms with Gasteiger partial charge in [-0.15, -0.1) is 0 Å². The second kappa shape index (κ2) is 7.22. The van der Waals surface area contributed by atoms with Crippen LogP contribution in [0.15, 0.2) is 24.3 Å². The second-order valence-electron chi connectivity index (χ2n) is 3.31. The summed E-state index contributed by atoms with van der Waals surface area (Å²) in [6.07, 6.45) is 0. The van der Waals surface area contributed by atoms with E-state index in [-0.39, 0.29) is 5.56 Å². The Morgan fingerprint density at radius 1 is 1.06 bits per heavy atom. The number of aromatic carboxylic acids is 1. The first-order chi connectivity index (χ1) is 7.70. The summed E-state index contributed by atoms with van der Waals surface area (Å²) in [4.78, 5) is 10.3. The minimum Gasteiger partial charge on any atom is -0.478 e. The van der Waals surface area contributed by atoms with Crippen molar-refractivity contribution >= 4 is 17.6 Å². The van der Waals surface area contributed by atoms with Crippen LogP contribution in [0.25, 0.3) is 0 Å². The largest absolute Gasteiger partial charge is 0.478 e. The van der Waals surface area contributed by atoms with E-state index < -0.39 is 5.97 Å². The topological polar surface area (TPSA) is 61.4 Å². The van der Waals surface area contributed by atoms with E-state index in [1.165, 1.54) is 12.1 Å². The number of rotatable bonds is 1. The van der Waals surface area contributed by atoms with Gasteiger partial charge in [0, 0.05) is 31.2 Å². The predicted octanol–water partition coefficient (Wildman–Crippen LogP) is 1.22. The van der Waals surface area contributed by atoms with Crippen LogP contribution in [0.5, 0.6) is 0 Å². The fourth-order valence-electron chi connectivity index (χ4n) is 1.20. The van der Waals surface area contributed by atoms with Crippen LogP contribution in [-0.4, -0.2) is 37.3 Å². The van der Waals surface area contributed by atoms with Gasteiger partial charge in [0.2, 0.25) is 0 Å². The van der Waals surface area contributed by atoms with Crippen LogP contribution in [0.3, 0.4) is 0 Å². The van der Waals surface area contributed by atoms with Gasteiger partial charge in [0.25, 0.3) is 0 Å². The van der Waals surface area contributed by atoms with Crippen LogP contribution < -0.4 is 10.6 Å². The van der Waals surface area contributed by atoms with Crippen molar-refractivity contribution in [3.05, 3.63) is 34.9 Å². The second-order valence-corrected chi connectivity index (χ2v) is 3.75. The van der Waals surface area contributed by atoms with Gasteiger partial charge in [0.05, 0.1) is 5.56 Å². The Morgan fingerprint density at radius 2 is 1.50 bits per heavy atom. The molecule has 0 saturated carbocycles. The molecule has 88 valence electrons. The quantitative estimate of drug-likeness (QED) is 0.693. The van der Waals surface area contributed by atoms with Crippen molar-refractivity contribution in [3.8, 4) is 0 Å². The van der Waals surface area contributed by atoms with E-state index in [1.807, 2.05) is 0 Å². The van der Waals surface area contributed by atoms with E-state index in [1.54, 1.807) is 12.1 Å². The number of carboxylic acid groups (broad SMARTS) is 1. The first-order valence-electron chi connectivity index (χ1n) is 5.10. The average molecular weight is 243 g/mol. The zero-order chi connectivity index (χ0) is 11.8. The van der Waals surface area contributed by atoms with Crippen molar-refractivity contribution in [1.29, 1.82) is 0 Å². The van der Waals surface area contributed by atoms with Crippen molar-refractivity contribution in [1.82, 2.24) is 10.6 Å². The van der Waals surface area contributed by atoms with Crippen molar-refractivity contribution in [2.75, 3.05) is 26.2 Å². The highest BCUT2D eigenvalue weighted by Crippen LogP contribution is 2.08. The van der Waals surface area contributed by atoms with Gasteiger partial charge in [0.15, 0.2) is 0 Å². The molecule has 1 heterocycles. The van der Waals surface area contributed by atoms with E-state index >= 15 is 0 Å². The Morgan fingerprint density at radius 3 is 1.81 bits per heavy atom. The van der Waals surface area contributed by atoms with Gasteiger partial charge >= 0.3 is 5.97 Å². The lowest BCUT2D eigenvalue weighted by Gasteiger charge is -2.11. The molecule has 0 radical (unpaired) electrons. The van der Waals surface area contributed by atoms with Crippen molar-refractivity contribution in [2.45, 2.75) is 0 Å². The molecule has 3 N–H and O–H groups in total. The summed E-state index contributed by atoms with van der Waals surface area (Å²) in [7, 11) is 0. The fourth-order valence-corrected chi connectivity index (χ4v) is 1.32. The molecular formula is C11H15ClN2O2. The molecule has 0 aliphatic carbocycles. The van der Waals surface area contributed by atoms with Crippen LogP contribution in [0.1, 0.15) is 10.4 Å². The SMILES string of the molecule is C1CNCCN1.O=C(O)c1ccc(Cl)cc1. The van der Waals surface area contributed by atoms with Gasteiger partial charge in [-0.25, -0.2) is 4.79 Å². The summed E-state index contributed by atoms with van der Waals surface area (Å²) >= 11 is 5.52. The van der Waals surface area contributed by atoms with E-state index in [2.05, 4.69) is 10.6 Å². The molecule has 1 aromatic rings. The molecule has 1 aliphatic heterocycles. The lowest BCUT2D eigenvalue weighted by molar-refractivity contribution is 0.0697. The Hall–Kier alpha value is -1.10. The monoisotopic (exact) mass is 242 g/mol. The number of benzene rings is 1. The number of nitrogens with one attached hydrogen (secondary N) is 2. The lowest BCUT2D eigenvalue weighted by Crippen LogP contribution is -2.39. The number of halogens is 1. The molecule has 2 rings (SSSR count). The Balaban J connectivity index is 0.000000181. The molecule has 0 aromatic heterocycles. The summed E-state index contributed by atoms with van der Waals surface area (Å²) in [5, 5.41) is 15.4. The van der Waals surface area contributed by atoms with Gasteiger partial charge in [-0.1, -0.05) is 11.6 Å². The van der Waals surface area contributed by atoms with Crippen LogP contribution in [0.4, 0.5) is 0 Å². The maximum Gasteiger partial charge on any atom is 0.335 e. The molecule has 5 heteroatoms. The number of piperazine rings is 1. The van der Waals surface area contributed by atoms with Crippen LogP contribution >= 0.6 is 11.6 Å². The highest BCUT2D eigenvalue weighted by atomic mass is 35.5. The number of carbonyl (C=O) groups is 1. The Kier molecular flexibility index (Phi) is 5.85. The third kappa shape index (κ3) is 5.11. The summed E-state index contributed by atoms with van der Waals surface area (Å²) < 4.78 is 0. The smallest absolute Gasteiger partial charge is 0.335 e. The minimum atomic E-state index is -0.934. The standard InChI is InChI=1S/C7H5ClO2.C4H10N2/c8-6-3-1-5(2-4-6)7(9)10;1-2-6-4-3-5-1/h1-4H,(H,9,10);5-6H,1-4H2. The molecule has 0 amide bonds. The van der Waals surface area contributed by atoms with Crippen molar-refractivity contribution in [3.63, 3.8) is 0 Å². The molecule has 0 atom stereocenters. The normalized spacial score (nSPS) is 14.8. The predicted molar refractivity (Wildman–Crippen MR) is 64.2 cm³/mol. The first-order valence-corrected chi connectivity index (χ1v) is 5.48. The van der Waals surface area contributed by atoms with Gasteiger partial charge < -0.3 is 15.7 Å². The highest BCUT2D eigenvalue weighted by molar-refractivity contribution is 6.30. The first kappa shape index (κ1) is 13.0. The Bertz CT molecular complexity index is 312. The third-order valence-corrected chi connectivity index (χ3v) is 2.30. The zero-order valence-corrected chi connectivity index (χ0v) is 9.63. The van der Waals surface area contributed by atoms with E-state index in [0.717, 1.165) is 26.2 Å². The molecular weight excluding hydrogens is 228 g/mol. The molecule has 4 nitrogen and oxygen atoms in total. The molecule has 1 aliphatic rings. The van der Waals surface area contributed by atoms with E-state index in [9.17, 15) is 4.79 Å². The van der Waals surface area contributed by atoms with Gasteiger partial charge in [-0.05, 0) is 24.3 Å². The molecule has 1 saturated heterocycles. The number of carboxylic acids is 1. The van der Waals surface area contributed by atoms with Crippen LogP contribution in [-0.2, 0) is 0 Å². The summed E-state index contributed by atoms with van der Waals surface area (Å²) in [5.41, 5.74) is 0.254. The fraction of sp³-hybridized carbons (Fsp3) is 0.364. The summed E-state index contributed by atoms with van der Waals surface area (Å²) in [6, 6.07) is 6.02. The van der Waals surface area contributed by atoms with Crippen LogP contribution in [0, 0.1) is 0 Å². The number of hydrogen-bond acceptors (Lipinski definition) is 3. The molecule has 0 spiro atoms.